The zero-order valence-corrected chi connectivity index (χ0v) is 11.6. The lowest BCUT2D eigenvalue weighted by molar-refractivity contribution is 0.377. The van der Waals surface area contributed by atoms with Crippen LogP contribution in [-0.4, -0.2) is 0 Å². The Morgan fingerprint density at radius 1 is 1.38 bits per heavy atom. The van der Waals surface area contributed by atoms with Crippen molar-refractivity contribution in [3.63, 3.8) is 0 Å². The molecule has 0 atom stereocenters. The summed E-state index contributed by atoms with van der Waals surface area (Å²) in [6.07, 6.45) is 12.0. The number of hydrogen-bond donors (Lipinski definition) is 0. The highest BCUT2D eigenvalue weighted by atomic mass is 14.3. The van der Waals surface area contributed by atoms with E-state index in [1.54, 1.807) is 11.1 Å². The lowest BCUT2D eigenvalue weighted by Crippen LogP contribution is -2.19. The zero-order valence-electron chi connectivity index (χ0n) is 11.6. The van der Waals surface area contributed by atoms with Crippen LogP contribution < -0.4 is 0 Å². The Labute approximate surface area is 101 Å². The molecule has 0 nitrogen and oxygen atoms in total. The monoisotopic (exact) mass is 218 g/mol. The van der Waals surface area contributed by atoms with Gasteiger partial charge in [0, 0.05) is 0 Å². The first kappa shape index (κ1) is 13.3. The van der Waals surface area contributed by atoms with Crippen LogP contribution in [0.5, 0.6) is 0 Å². The SMILES string of the molecule is CC/C=C(C)/C=C/C1=C(C)CCCC1(C)C. The molecule has 0 aromatic rings. The number of allylic oxidation sites excluding steroid dienone is 6. The normalized spacial score (nSPS) is 21.9. The topological polar surface area (TPSA) is 0 Å². The van der Waals surface area contributed by atoms with Gasteiger partial charge in [-0.2, -0.15) is 0 Å². The maximum absolute atomic E-state index is 2.37. The van der Waals surface area contributed by atoms with Gasteiger partial charge in [-0.3, -0.25) is 0 Å². The average Bonchev–Trinajstić information content (AvgIpc) is 2.16. The second kappa shape index (κ2) is 5.52. The maximum atomic E-state index is 2.37. The minimum absolute atomic E-state index is 0.366. The lowest BCUT2D eigenvalue weighted by atomic mass is 9.72. The second-order valence-corrected chi connectivity index (χ2v) is 5.62. The number of hydrogen-bond acceptors (Lipinski definition) is 0. The van der Waals surface area contributed by atoms with Crippen LogP contribution in [0.25, 0.3) is 0 Å². The minimum Gasteiger partial charge on any atom is -0.0819 e. The fourth-order valence-electron chi connectivity index (χ4n) is 2.62. The molecule has 0 N–H and O–H groups in total. The second-order valence-electron chi connectivity index (χ2n) is 5.62. The third-order valence-electron chi connectivity index (χ3n) is 3.58. The fraction of sp³-hybridized carbons (Fsp3) is 0.625. The molecular weight excluding hydrogens is 192 g/mol. The third-order valence-corrected chi connectivity index (χ3v) is 3.58. The zero-order chi connectivity index (χ0) is 12.2. The van der Waals surface area contributed by atoms with Gasteiger partial charge in [0.05, 0.1) is 0 Å². The van der Waals surface area contributed by atoms with Gasteiger partial charge in [0.25, 0.3) is 0 Å². The predicted molar refractivity (Wildman–Crippen MR) is 73.5 cm³/mol. The van der Waals surface area contributed by atoms with E-state index in [9.17, 15) is 0 Å². The van der Waals surface area contributed by atoms with Gasteiger partial charge in [0.15, 0.2) is 0 Å². The van der Waals surface area contributed by atoms with Crippen LogP contribution in [0.2, 0.25) is 0 Å². The molecule has 1 rings (SSSR count). The van der Waals surface area contributed by atoms with E-state index in [2.05, 4.69) is 52.8 Å². The van der Waals surface area contributed by atoms with Crippen molar-refractivity contribution < 1.29 is 0 Å². The molecule has 0 unspecified atom stereocenters. The summed E-state index contributed by atoms with van der Waals surface area (Å²) in [5, 5.41) is 0. The molecule has 16 heavy (non-hydrogen) atoms. The van der Waals surface area contributed by atoms with Gasteiger partial charge < -0.3 is 0 Å². The van der Waals surface area contributed by atoms with Crippen molar-refractivity contribution in [3.05, 3.63) is 34.9 Å². The van der Waals surface area contributed by atoms with E-state index >= 15 is 0 Å². The van der Waals surface area contributed by atoms with Gasteiger partial charge in [0.2, 0.25) is 0 Å². The largest absolute Gasteiger partial charge is 0.0819 e. The van der Waals surface area contributed by atoms with E-state index in [1.807, 2.05) is 0 Å². The molecule has 0 aromatic heterocycles. The first-order chi connectivity index (χ1) is 7.47. The standard InChI is InChI=1S/C16H26/c1-6-8-13(2)10-11-15-14(3)9-7-12-16(15,4)5/h8,10-11H,6-7,9,12H2,1-5H3/b11-10+,13-8+. The van der Waals surface area contributed by atoms with Crippen LogP contribution in [0.3, 0.4) is 0 Å². The molecule has 90 valence electrons. The van der Waals surface area contributed by atoms with E-state index in [4.69, 9.17) is 0 Å². The van der Waals surface area contributed by atoms with Crippen molar-refractivity contribution in [1.82, 2.24) is 0 Å². The highest BCUT2D eigenvalue weighted by molar-refractivity contribution is 5.35. The molecule has 1 aliphatic carbocycles. The van der Waals surface area contributed by atoms with Crippen LogP contribution in [0.1, 0.15) is 60.3 Å². The van der Waals surface area contributed by atoms with Gasteiger partial charge in [-0.1, -0.05) is 50.1 Å². The molecule has 0 saturated heterocycles. The minimum atomic E-state index is 0.366. The summed E-state index contributed by atoms with van der Waals surface area (Å²) in [7, 11) is 0. The van der Waals surface area contributed by atoms with Gasteiger partial charge in [-0.05, 0) is 50.5 Å². The third kappa shape index (κ3) is 3.37. The highest BCUT2D eigenvalue weighted by Gasteiger charge is 2.26. The maximum Gasteiger partial charge on any atom is -0.0104 e. The van der Waals surface area contributed by atoms with E-state index in [1.165, 1.54) is 24.8 Å². The van der Waals surface area contributed by atoms with Crippen molar-refractivity contribution in [2.75, 3.05) is 0 Å². The Balaban J connectivity index is 2.89. The molecule has 1 aliphatic rings. The lowest BCUT2D eigenvalue weighted by Gasteiger charge is -2.32. The molecule has 0 radical (unpaired) electrons. The van der Waals surface area contributed by atoms with Crippen LogP contribution in [0.4, 0.5) is 0 Å². The van der Waals surface area contributed by atoms with E-state index in [-0.39, 0.29) is 0 Å². The van der Waals surface area contributed by atoms with Crippen LogP contribution in [0.15, 0.2) is 34.9 Å². The summed E-state index contributed by atoms with van der Waals surface area (Å²) in [6.45, 7) is 11.4. The summed E-state index contributed by atoms with van der Waals surface area (Å²) in [5.74, 6) is 0. The van der Waals surface area contributed by atoms with E-state index in [0.29, 0.717) is 5.41 Å². The molecule has 0 heterocycles. The van der Waals surface area contributed by atoms with Gasteiger partial charge >= 0.3 is 0 Å². The Hall–Kier alpha value is -0.780. The Kier molecular flexibility index (Phi) is 4.58. The molecule has 0 bridgehead atoms. The first-order valence-electron chi connectivity index (χ1n) is 6.52. The smallest absolute Gasteiger partial charge is 0.0104 e. The van der Waals surface area contributed by atoms with Gasteiger partial charge in [-0.15, -0.1) is 0 Å². The predicted octanol–water partition coefficient (Wildman–Crippen LogP) is 5.43. The van der Waals surface area contributed by atoms with Crippen LogP contribution in [-0.2, 0) is 0 Å². The first-order valence-corrected chi connectivity index (χ1v) is 6.52. The Bertz CT molecular complexity index is 324. The molecule has 0 fully saturated rings. The van der Waals surface area contributed by atoms with Crippen molar-refractivity contribution in [2.45, 2.75) is 60.3 Å². The van der Waals surface area contributed by atoms with E-state index in [0.717, 1.165) is 6.42 Å². The van der Waals surface area contributed by atoms with Crippen molar-refractivity contribution in [1.29, 1.82) is 0 Å². The number of rotatable bonds is 3. The molecular formula is C16H26. The summed E-state index contributed by atoms with van der Waals surface area (Å²) >= 11 is 0. The summed E-state index contributed by atoms with van der Waals surface area (Å²) in [6, 6.07) is 0. The summed E-state index contributed by atoms with van der Waals surface area (Å²) < 4.78 is 0. The summed E-state index contributed by atoms with van der Waals surface area (Å²) in [5.41, 5.74) is 4.88. The molecule has 0 aliphatic heterocycles. The molecule has 0 heteroatoms. The van der Waals surface area contributed by atoms with Gasteiger partial charge in [-0.25, -0.2) is 0 Å². The van der Waals surface area contributed by atoms with Crippen LogP contribution in [0, 0.1) is 5.41 Å². The molecule has 0 aromatic carbocycles. The Morgan fingerprint density at radius 2 is 2.06 bits per heavy atom. The Morgan fingerprint density at radius 3 is 2.62 bits per heavy atom. The summed E-state index contributed by atoms with van der Waals surface area (Å²) in [4.78, 5) is 0. The van der Waals surface area contributed by atoms with Crippen LogP contribution >= 0.6 is 0 Å². The van der Waals surface area contributed by atoms with Crippen molar-refractivity contribution in [2.24, 2.45) is 5.41 Å². The molecule has 0 saturated carbocycles. The fourth-order valence-corrected chi connectivity index (χ4v) is 2.62. The van der Waals surface area contributed by atoms with Gasteiger partial charge in [0.1, 0.15) is 0 Å². The quantitative estimate of drug-likeness (QED) is 0.554. The van der Waals surface area contributed by atoms with E-state index < -0.39 is 0 Å². The molecule has 0 amide bonds. The highest BCUT2D eigenvalue weighted by Crippen LogP contribution is 2.40. The average molecular weight is 218 g/mol. The van der Waals surface area contributed by atoms with Crippen molar-refractivity contribution >= 4 is 0 Å². The molecule has 0 spiro atoms. The van der Waals surface area contributed by atoms with Crippen molar-refractivity contribution in [3.8, 4) is 0 Å².